The van der Waals surface area contributed by atoms with E-state index in [4.69, 9.17) is 4.74 Å². The maximum Gasteiger partial charge on any atom is 0.337 e. The molecule has 0 heterocycles. The minimum absolute atomic E-state index is 0.285. The average Bonchev–Trinajstić information content (AvgIpc) is 2.62. The summed E-state index contributed by atoms with van der Waals surface area (Å²) >= 11 is 0. The first kappa shape index (κ1) is 24.1. The molecule has 0 amide bonds. The molecule has 148 valence electrons. The third-order valence-electron chi connectivity index (χ3n) is 4.32. The summed E-state index contributed by atoms with van der Waals surface area (Å²) in [5, 5.41) is 19.5. The number of carbonyl (C=O) groups is 1. The smallest absolute Gasteiger partial charge is 0.337 e. The van der Waals surface area contributed by atoms with E-state index in [-0.39, 0.29) is 6.61 Å². The minimum Gasteiger partial charge on any atom is -0.464 e. The topological polar surface area (TPSA) is 66.8 Å². The number of esters is 1. The second-order valence-corrected chi connectivity index (χ2v) is 6.85. The van der Waals surface area contributed by atoms with Gasteiger partial charge in [-0.05, 0) is 38.5 Å². The van der Waals surface area contributed by atoms with Gasteiger partial charge in [-0.1, -0.05) is 70.9 Å². The molecule has 0 aromatic heterocycles. The van der Waals surface area contributed by atoms with Crippen molar-refractivity contribution in [2.75, 3.05) is 6.61 Å². The van der Waals surface area contributed by atoms with Gasteiger partial charge in [0.2, 0.25) is 0 Å². The van der Waals surface area contributed by atoms with Gasteiger partial charge < -0.3 is 14.9 Å². The molecule has 4 nitrogen and oxygen atoms in total. The van der Waals surface area contributed by atoms with Crippen molar-refractivity contribution >= 4 is 5.97 Å². The maximum atomic E-state index is 11.4. The third-order valence-corrected chi connectivity index (χ3v) is 4.32. The number of allylic oxidation sites excluding steroid dienone is 2. The summed E-state index contributed by atoms with van der Waals surface area (Å²) in [6.07, 6.45) is 16.4. The van der Waals surface area contributed by atoms with Gasteiger partial charge >= 0.3 is 5.97 Å². The quantitative estimate of drug-likeness (QED) is 0.220. The van der Waals surface area contributed by atoms with Crippen LogP contribution in [0.5, 0.6) is 0 Å². The van der Waals surface area contributed by atoms with Crippen molar-refractivity contribution in [2.45, 2.75) is 110 Å². The van der Waals surface area contributed by atoms with Gasteiger partial charge in [0.25, 0.3) is 0 Å². The van der Waals surface area contributed by atoms with E-state index in [0.717, 1.165) is 25.7 Å². The molecule has 0 saturated heterocycles. The van der Waals surface area contributed by atoms with Crippen LogP contribution in [0, 0.1) is 0 Å². The van der Waals surface area contributed by atoms with E-state index in [2.05, 4.69) is 19.1 Å². The first-order chi connectivity index (χ1) is 12.1. The Morgan fingerprint density at radius 2 is 1.40 bits per heavy atom. The summed E-state index contributed by atoms with van der Waals surface area (Å²) in [5.74, 6) is -0.716. The molecular formula is C21H40O4. The van der Waals surface area contributed by atoms with Crippen LogP contribution in [0.15, 0.2) is 12.2 Å². The Labute approximate surface area is 154 Å². The number of hydrogen-bond donors (Lipinski definition) is 2. The van der Waals surface area contributed by atoms with E-state index in [9.17, 15) is 15.0 Å². The Morgan fingerprint density at radius 1 is 0.840 bits per heavy atom. The van der Waals surface area contributed by atoms with Gasteiger partial charge in [-0.15, -0.1) is 0 Å². The van der Waals surface area contributed by atoms with Crippen molar-refractivity contribution in [3.05, 3.63) is 12.2 Å². The van der Waals surface area contributed by atoms with E-state index in [0.29, 0.717) is 12.8 Å². The number of hydrogen-bond acceptors (Lipinski definition) is 4. The molecule has 0 spiro atoms. The summed E-state index contributed by atoms with van der Waals surface area (Å²) in [5.41, 5.74) is 0. The number of ether oxygens (including phenoxy) is 1. The van der Waals surface area contributed by atoms with Gasteiger partial charge in [-0.25, -0.2) is 4.79 Å². The molecular weight excluding hydrogens is 316 g/mol. The Morgan fingerprint density at radius 3 is 2.00 bits per heavy atom. The normalized spacial score (nSPS) is 13.9. The first-order valence-corrected chi connectivity index (χ1v) is 10.3. The largest absolute Gasteiger partial charge is 0.464 e. The van der Waals surface area contributed by atoms with E-state index < -0.39 is 18.2 Å². The molecule has 0 fully saturated rings. The van der Waals surface area contributed by atoms with Crippen molar-refractivity contribution in [3.8, 4) is 0 Å². The van der Waals surface area contributed by atoms with Gasteiger partial charge in [0, 0.05) is 0 Å². The fourth-order valence-electron chi connectivity index (χ4n) is 2.67. The highest BCUT2D eigenvalue weighted by Gasteiger charge is 2.24. The fourth-order valence-corrected chi connectivity index (χ4v) is 2.67. The molecule has 0 radical (unpaired) electrons. The molecule has 0 aromatic rings. The van der Waals surface area contributed by atoms with Crippen LogP contribution >= 0.6 is 0 Å². The number of aliphatic hydroxyl groups excluding tert-OH is 2. The molecule has 25 heavy (non-hydrogen) atoms. The molecule has 0 rings (SSSR count). The number of rotatable bonds is 17. The lowest BCUT2D eigenvalue weighted by Crippen LogP contribution is -2.35. The van der Waals surface area contributed by atoms with Crippen LogP contribution in [0.3, 0.4) is 0 Å². The number of unbranched alkanes of at least 4 members (excludes halogenated alkanes) is 9. The fraction of sp³-hybridized carbons (Fsp3) is 0.857. The van der Waals surface area contributed by atoms with Gasteiger partial charge in [-0.3, -0.25) is 0 Å². The molecule has 2 unspecified atom stereocenters. The van der Waals surface area contributed by atoms with Gasteiger partial charge in [0.05, 0.1) is 12.7 Å². The summed E-state index contributed by atoms with van der Waals surface area (Å²) in [4.78, 5) is 11.4. The predicted molar refractivity (Wildman–Crippen MR) is 103 cm³/mol. The first-order valence-electron chi connectivity index (χ1n) is 10.3. The molecule has 0 bridgehead atoms. The lowest BCUT2D eigenvalue weighted by molar-refractivity contribution is -0.159. The molecule has 4 heteroatoms. The third kappa shape index (κ3) is 15.1. The Hall–Kier alpha value is -0.870. The maximum absolute atomic E-state index is 11.4. The predicted octanol–water partition coefficient (Wildman–Crippen LogP) is 4.92. The Kier molecular flexibility index (Phi) is 17.3. The van der Waals surface area contributed by atoms with Crippen LogP contribution in [0.4, 0.5) is 0 Å². The van der Waals surface area contributed by atoms with E-state index >= 15 is 0 Å². The molecule has 0 aromatic carbocycles. The number of carbonyl (C=O) groups excluding carboxylic acids is 1. The molecule has 2 atom stereocenters. The standard InChI is InChI=1S/C21H40O4/c1-3-5-6-7-8-9-10-11-12-13-14-15-16-17-19(22)20(23)21(24)25-18-4-2/h11-12,19-20,22-23H,3-10,13-18H2,1-2H3/b12-11-. The SMILES string of the molecule is CCCCCCCC/C=C\CCCCCC(O)C(O)C(=O)OCCC. The average molecular weight is 357 g/mol. The molecule has 0 aliphatic carbocycles. The van der Waals surface area contributed by atoms with E-state index in [1.807, 2.05) is 6.92 Å². The number of aliphatic hydroxyl groups is 2. The van der Waals surface area contributed by atoms with Gasteiger partial charge in [0.1, 0.15) is 0 Å². The van der Waals surface area contributed by atoms with Crippen LogP contribution < -0.4 is 0 Å². The summed E-state index contributed by atoms with van der Waals surface area (Å²) in [7, 11) is 0. The monoisotopic (exact) mass is 356 g/mol. The molecule has 2 N–H and O–H groups in total. The zero-order valence-electron chi connectivity index (χ0n) is 16.4. The van der Waals surface area contributed by atoms with Crippen molar-refractivity contribution in [3.63, 3.8) is 0 Å². The van der Waals surface area contributed by atoms with Gasteiger partial charge in [-0.2, -0.15) is 0 Å². The highest BCUT2D eigenvalue weighted by molar-refractivity contribution is 5.75. The van der Waals surface area contributed by atoms with Crippen LogP contribution in [0.2, 0.25) is 0 Å². The zero-order chi connectivity index (χ0) is 18.8. The zero-order valence-corrected chi connectivity index (χ0v) is 16.4. The van der Waals surface area contributed by atoms with E-state index in [1.165, 1.54) is 44.9 Å². The van der Waals surface area contributed by atoms with Crippen molar-refractivity contribution in [1.29, 1.82) is 0 Å². The van der Waals surface area contributed by atoms with Crippen molar-refractivity contribution < 1.29 is 19.7 Å². The summed E-state index contributed by atoms with van der Waals surface area (Å²) in [6.45, 7) is 4.42. The lowest BCUT2D eigenvalue weighted by atomic mass is 10.0. The second kappa shape index (κ2) is 17.9. The van der Waals surface area contributed by atoms with Crippen LogP contribution in [0.25, 0.3) is 0 Å². The van der Waals surface area contributed by atoms with E-state index in [1.54, 1.807) is 0 Å². The Balaban J connectivity index is 3.47. The highest BCUT2D eigenvalue weighted by atomic mass is 16.5. The van der Waals surface area contributed by atoms with Crippen LogP contribution in [-0.4, -0.2) is 35.0 Å². The van der Waals surface area contributed by atoms with Crippen LogP contribution in [0.1, 0.15) is 97.3 Å². The van der Waals surface area contributed by atoms with Crippen LogP contribution in [-0.2, 0) is 9.53 Å². The lowest BCUT2D eigenvalue weighted by Gasteiger charge is -2.16. The van der Waals surface area contributed by atoms with Crippen molar-refractivity contribution in [2.24, 2.45) is 0 Å². The summed E-state index contributed by atoms with van der Waals surface area (Å²) in [6, 6.07) is 0. The summed E-state index contributed by atoms with van der Waals surface area (Å²) < 4.78 is 4.83. The molecule has 0 aliphatic heterocycles. The second-order valence-electron chi connectivity index (χ2n) is 6.85. The minimum atomic E-state index is -1.41. The Bertz CT molecular complexity index is 328. The molecule has 0 aliphatic rings. The van der Waals surface area contributed by atoms with Gasteiger partial charge in [0.15, 0.2) is 6.10 Å². The highest BCUT2D eigenvalue weighted by Crippen LogP contribution is 2.11. The van der Waals surface area contributed by atoms with Crippen molar-refractivity contribution in [1.82, 2.24) is 0 Å². The molecule has 0 saturated carbocycles.